The molecular weight excluding hydrogens is 420 g/mol. The molecule has 9 heteroatoms. The minimum absolute atomic E-state index is 0.0496. The summed E-state index contributed by atoms with van der Waals surface area (Å²) in [6.45, 7) is -0.636. The van der Waals surface area contributed by atoms with Crippen molar-refractivity contribution in [2.75, 3.05) is 6.54 Å². The summed E-state index contributed by atoms with van der Waals surface area (Å²) < 4.78 is 32.4. The number of furan rings is 1. The van der Waals surface area contributed by atoms with E-state index in [0.717, 1.165) is 0 Å². The average molecular weight is 438 g/mol. The predicted octanol–water partition coefficient (Wildman–Crippen LogP) is 2.71. The van der Waals surface area contributed by atoms with Crippen LogP contribution in [0.4, 0.5) is 0 Å². The number of sulfonamides is 1. The predicted molar refractivity (Wildman–Crippen MR) is 111 cm³/mol. The molecule has 0 spiro atoms. The molecule has 0 atom stereocenters. The zero-order valence-corrected chi connectivity index (χ0v) is 17.0. The Kier molecular flexibility index (Phi) is 5.35. The minimum Gasteiger partial charge on any atom is -0.505 e. The third-order valence-electron chi connectivity index (χ3n) is 4.76. The van der Waals surface area contributed by atoms with E-state index in [1.54, 1.807) is 30.3 Å². The lowest BCUT2D eigenvalue weighted by molar-refractivity contribution is -0.121. The number of carbonyl (C=O) groups is 2. The molecule has 0 aliphatic carbocycles. The molecule has 0 fully saturated rings. The van der Waals surface area contributed by atoms with Crippen LogP contribution in [0.15, 0.2) is 88.0 Å². The molecule has 0 saturated carbocycles. The van der Waals surface area contributed by atoms with Gasteiger partial charge in [0.2, 0.25) is 11.7 Å². The third-order valence-corrected chi connectivity index (χ3v) is 6.57. The molecule has 1 aliphatic heterocycles. The quantitative estimate of drug-likeness (QED) is 0.467. The van der Waals surface area contributed by atoms with Crippen molar-refractivity contribution in [3.05, 3.63) is 95.6 Å². The van der Waals surface area contributed by atoms with Gasteiger partial charge in [-0.25, -0.2) is 12.7 Å². The summed E-state index contributed by atoms with van der Waals surface area (Å²) in [6, 6.07) is 17.1. The van der Waals surface area contributed by atoms with Gasteiger partial charge in [-0.3, -0.25) is 9.59 Å². The van der Waals surface area contributed by atoms with Gasteiger partial charge in [0.1, 0.15) is 18.0 Å². The van der Waals surface area contributed by atoms with Gasteiger partial charge in [0.25, 0.3) is 10.0 Å². The first-order valence-electron chi connectivity index (χ1n) is 9.34. The number of amides is 1. The summed E-state index contributed by atoms with van der Waals surface area (Å²) in [6.07, 6.45) is 1.45. The Balaban J connectivity index is 1.77. The van der Waals surface area contributed by atoms with E-state index in [9.17, 15) is 23.1 Å². The summed E-state index contributed by atoms with van der Waals surface area (Å²) in [4.78, 5) is 25.5. The topological polar surface area (TPSA) is 117 Å². The number of hydrogen-bond donors (Lipinski definition) is 2. The summed E-state index contributed by atoms with van der Waals surface area (Å²) >= 11 is 0. The van der Waals surface area contributed by atoms with Crippen molar-refractivity contribution in [2.45, 2.75) is 11.4 Å². The summed E-state index contributed by atoms with van der Waals surface area (Å²) in [5.41, 5.74) is -0.285. The van der Waals surface area contributed by atoms with Crippen molar-refractivity contribution >= 4 is 27.5 Å². The number of Topliss-reactive ketones (excluding diaryl/α,β-unsaturated/α-hetero) is 1. The Bertz CT molecular complexity index is 1260. The molecule has 0 saturated heterocycles. The first kappa shape index (κ1) is 20.4. The van der Waals surface area contributed by atoms with Gasteiger partial charge in [0, 0.05) is 11.1 Å². The molecule has 4 rings (SSSR count). The van der Waals surface area contributed by atoms with Crippen molar-refractivity contribution in [3.63, 3.8) is 0 Å². The minimum atomic E-state index is -4.27. The van der Waals surface area contributed by atoms with Gasteiger partial charge in [-0.05, 0) is 24.3 Å². The van der Waals surface area contributed by atoms with Crippen molar-refractivity contribution in [1.29, 1.82) is 0 Å². The van der Waals surface area contributed by atoms with Gasteiger partial charge >= 0.3 is 0 Å². The SMILES string of the molecule is O=C(CN1/C(=C(/O)c2ccccc2)C(=O)c2ccccc2S1(=O)=O)NCc1ccco1. The number of nitrogens with one attached hydrogen (secondary N) is 1. The van der Waals surface area contributed by atoms with E-state index < -0.39 is 39.7 Å². The van der Waals surface area contributed by atoms with Crippen LogP contribution in [-0.4, -0.2) is 36.1 Å². The zero-order chi connectivity index (χ0) is 22.0. The van der Waals surface area contributed by atoms with E-state index in [1.807, 2.05) is 0 Å². The van der Waals surface area contributed by atoms with Crippen LogP contribution in [0.2, 0.25) is 0 Å². The van der Waals surface area contributed by atoms with Gasteiger partial charge < -0.3 is 14.8 Å². The molecule has 2 heterocycles. The average Bonchev–Trinajstić information content (AvgIpc) is 3.30. The Morgan fingerprint density at radius 2 is 1.71 bits per heavy atom. The van der Waals surface area contributed by atoms with E-state index in [4.69, 9.17) is 4.42 Å². The Hall–Kier alpha value is -3.85. The molecule has 1 aliphatic rings. The number of allylic oxidation sites excluding steroid dienone is 1. The molecule has 3 aromatic rings. The number of ketones is 1. The van der Waals surface area contributed by atoms with E-state index in [-0.39, 0.29) is 22.6 Å². The van der Waals surface area contributed by atoms with Gasteiger partial charge in [-0.2, -0.15) is 0 Å². The second-order valence-corrected chi connectivity index (χ2v) is 8.59. The fraction of sp³-hybridized carbons (Fsp3) is 0.0909. The Labute approximate surface area is 178 Å². The van der Waals surface area contributed by atoms with Crippen molar-refractivity contribution in [2.24, 2.45) is 0 Å². The zero-order valence-electron chi connectivity index (χ0n) is 16.2. The number of rotatable bonds is 5. The number of benzene rings is 2. The number of aliphatic hydroxyl groups is 1. The normalized spacial score (nSPS) is 16.5. The van der Waals surface area contributed by atoms with Gasteiger partial charge in [-0.15, -0.1) is 0 Å². The lowest BCUT2D eigenvalue weighted by Crippen LogP contribution is -2.45. The van der Waals surface area contributed by atoms with Crippen LogP contribution in [0.5, 0.6) is 0 Å². The van der Waals surface area contributed by atoms with E-state index in [1.165, 1.54) is 42.7 Å². The van der Waals surface area contributed by atoms with Gasteiger partial charge in [0.15, 0.2) is 5.76 Å². The molecule has 8 nitrogen and oxygen atoms in total. The highest BCUT2D eigenvalue weighted by atomic mass is 32.2. The molecule has 2 N–H and O–H groups in total. The largest absolute Gasteiger partial charge is 0.505 e. The van der Waals surface area contributed by atoms with Gasteiger partial charge in [0.05, 0.1) is 17.7 Å². The summed E-state index contributed by atoms with van der Waals surface area (Å²) in [5, 5.41) is 13.4. The molecule has 2 aromatic carbocycles. The van der Waals surface area contributed by atoms with Crippen LogP contribution in [-0.2, 0) is 21.4 Å². The van der Waals surface area contributed by atoms with Crippen LogP contribution >= 0.6 is 0 Å². The molecule has 0 bridgehead atoms. The first-order valence-corrected chi connectivity index (χ1v) is 10.8. The Morgan fingerprint density at radius 3 is 2.42 bits per heavy atom. The maximum atomic E-state index is 13.3. The fourth-order valence-corrected chi connectivity index (χ4v) is 4.89. The second kappa shape index (κ2) is 8.11. The van der Waals surface area contributed by atoms with E-state index in [2.05, 4.69) is 5.32 Å². The lowest BCUT2D eigenvalue weighted by atomic mass is 10.0. The van der Waals surface area contributed by atoms with Crippen LogP contribution in [0, 0.1) is 0 Å². The van der Waals surface area contributed by atoms with Crippen LogP contribution < -0.4 is 5.32 Å². The molecule has 1 aromatic heterocycles. The first-order chi connectivity index (χ1) is 14.9. The molecule has 158 valence electrons. The molecular formula is C22H18N2O6S. The maximum absolute atomic E-state index is 13.3. The van der Waals surface area contributed by atoms with Gasteiger partial charge in [-0.1, -0.05) is 42.5 Å². The van der Waals surface area contributed by atoms with Crippen molar-refractivity contribution in [3.8, 4) is 0 Å². The van der Waals surface area contributed by atoms with Crippen LogP contribution in [0.25, 0.3) is 5.76 Å². The Morgan fingerprint density at radius 1 is 1.00 bits per heavy atom. The number of fused-ring (bicyclic) bond motifs is 1. The van der Waals surface area contributed by atoms with Crippen molar-refractivity contribution in [1.82, 2.24) is 9.62 Å². The second-order valence-electron chi connectivity index (χ2n) is 6.76. The number of hydrogen-bond acceptors (Lipinski definition) is 6. The van der Waals surface area contributed by atoms with Crippen LogP contribution in [0.3, 0.4) is 0 Å². The smallest absolute Gasteiger partial charge is 0.265 e. The molecule has 0 unspecified atom stereocenters. The standard InChI is InChI=1S/C22H18N2O6S/c25-19(23-13-16-9-6-12-30-16)14-24-20(21(26)15-7-2-1-3-8-15)22(27)17-10-4-5-11-18(17)31(24,28)29/h1-12,26H,13-14H2,(H,23,25)/b21-20+. The molecule has 1 amide bonds. The third kappa shape index (κ3) is 3.82. The number of aliphatic hydroxyl groups excluding tert-OH is 1. The lowest BCUT2D eigenvalue weighted by Gasteiger charge is -2.31. The summed E-state index contributed by atoms with van der Waals surface area (Å²) in [5.74, 6) is -1.39. The molecule has 31 heavy (non-hydrogen) atoms. The van der Waals surface area contributed by atoms with Crippen molar-refractivity contribution < 1.29 is 27.5 Å². The van der Waals surface area contributed by atoms with E-state index in [0.29, 0.717) is 10.1 Å². The highest BCUT2D eigenvalue weighted by molar-refractivity contribution is 7.89. The molecule has 0 radical (unpaired) electrons. The fourth-order valence-electron chi connectivity index (χ4n) is 3.27. The maximum Gasteiger partial charge on any atom is 0.265 e. The van der Waals surface area contributed by atoms with Crippen LogP contribution in [0.1, 0.15) is 21.7 Å². The highest BCUT2D eigenvalue weighted by Crippen LogP contribution is 2.35. The monoisotopic (exact) mass is 438 g/mol. The van der Waals surface area contributed by atoms with E-state index >= 15 is 0 Å². The number of carbonyl (C=O) groups excluding carboxylic acids is 2. The number of nitrogens with zero attached hydrogens (tertiary/aromatic N) is 1. The highest BCUT2D eigenvalue weighted by Gasteiger charge is 2.42. The summed E-state index contributed by atoms with van der Waals surface area (Å²) in [7, 11) is -4.27.